The van der Waals surface area contributed by atoms with E-state index in [1.54, 1.807) is 17.7 Å². The van der Waals surface area contributed by atoms with E-state index >= 15 is 0 Å². The van der Waals surface area contributed by atoms with E-state index in [4.69, 9.17) is 4.98 Å². The Kier molecular flexibility index (Phi) is 3.83. The number of aryl methyl sites for hydroxylation is 1. The molecule has 24 heavy (non-hydrogen) atoms. The van der Waals surface area contributed by atoms with Crippen LogP contribution >= 0.6 is 11.3 Å². The van der Waals surface area contributed by atoms with Crippen LogP contribution in [0, 0.1) is 6.92 Å². The van der Waals surface area contributed by atoms with Crippen LogP contribution in [0.1, 0.15) is 43.7 Å². The fraction of sp³-hybridized carbons (Fsp3) is 0.474. The van der Waals surface area contributed by atoms with Crippen LogP contribution in [0.25, 0.3) is 20.3 Å². The van der Waals surface area contributed by atoms with Crippen molar-refractivity contribution in [3.8, 4) is 0 Å². The summed E-state index contributed by atoms with van der Waals surface area (Å²) in [5.74, 6) is 0. The van der Waals surface area contributed by atoms with Crippen molar-refractivity contribution in [2.75, 3.05) is 19.0 Å². The van der Waals surface area contributed by atoms with Crippen LogP contribution in [0.2, 0.25) is 0 Å². The molecule has 0 bridgehead atoms. The predicted molar refractivity (Wildman–Crippen MR) is 103 cm³/mol. The van der Waals surface area contributed by atoms with E-state index in [9.17, 15) is 4.79 Å². The topological polar surface area (TPSA) is 38.1 Å². The Bertz CT molecular complexity index is 964. The lowest BCUT2D eigenvalue weighted by molar-refractivity contribution is 0.345. The molecule has 0 atom stereocenters. The van der Waals surface area contributed by atoms with Gasteiger partial charge in [0.1, 0.15) is 4.70 Å². The number of rotatable bonds is 2. The maximum Gasteiger partial charge on any atom is 0.271 e. The molecule has 1 aromatic carbocycles. The molecule has 4 rings (SSSR count). The second-order valence-corrected chi connectivity index (χ2v) is 8.05. The van der Waals surface area contributed by atoms with E-state index < -0.39 is 0 Å². The van der Waals surface area contributed by atoms with E-state index in [-0.39, 0.29) is 5.56 Å². The average Bonchev–Trinajstić information content (AvgIpc) is 2.98. The van der Waals surface area contributed by atoms with Gasteiger partial charge in [-0.05, 0) is 31.4 Å². The van der Waals surface area contributed by atoms with E-state index in [0.29, 0.717) is 6.04 Å². The van der Waals surface area contributed by atoms with Crippen LogP contribution in [-0.2, 0) is 0 Å². The van der Waals surface area contributed by atoms with E-state index in [1.807, 2.05) is 18.7 Å². The molecule has 0 N–H and O–H groups in total. The van der Waals surface area contributed by atoms with Crippen molar-refractivity contribution in [2.24, 2.45) is 0 Å². The molecular weight excluding hydrogens is 318 g/mol. The van der Waals surface area contributed by atoms with Crippen molar-refractivity contribution in [3.63, 3.8) is 0 Å². The fourth-order valence-electron chi connectivity index (χ4n) is 3.85. The minimum Gasteiger partial charge on any atom is -0.377 e. The van der Waals surface area contributed by atoms with Gasteiger partial charge in [0.2, 0.25) is 0 Å². The lowest BCUT2D eigenvalue weighted by Gasteiger charge is -2.23. The summed E-state index contributed by atoms with van der Waals surface area (Å²) in [6, 6.07) is 4.58. The molecule has 3 aromatic rings. The molecule has 0 spiro atoms. The lowest BCUT2D eigenvalue weighted by atomic mass is 9.95. The Morgan fingerprint density at radius 2 is 1.92 bits per heavy atom. The zero-order chi connectivity index (χ0) is 16.8. The van der Waals surface area contributed by atoms with Gasteiger partial charge in [-0.3, -0.25) is 9.36 Å². The minimum atomic E-state index is 0.136. The van der Waals surface area contributed by atoms with Gasteiger partial charge < -0.3 is 4.90 Å². The SMILES string of the molecule is Cc1ccc(N(C)C)c2c1sc1c(=O)n(C3CCCCC3)cnc12. The van der Waals surface area contributed by atoms with E-state index in [0.717, 1.165) is 34.1 Å². The molecule has 1 fully saturated rings. The zero-order valence-corrected chi connectivity index (χ0v) is 15.3. The minimum absolute atomic E-state index is 0.136. The van der Waals surface area contributed by atoms with Crippen molar-refractivity contribution in [1.29, 1.82) is 0 Å². The zero-order valence-electron chi connectivity index (χ0n) is 14.5. The predicted octanol–water partition coefficient (Wildman–Crippen LogP) is 4.49. The first-order valence-corrected chi connectivity index (χ1v) is 9.50. The van der Waals surface area contributed by atoms with E-state index in [2.05, 4.69) is 24.0 Å². The first-order valence-electron chi connectivity index (χ1n) is 8.68. The van der Waals surface area contributed by atoms with Crippen molar-refractivity contribution in [2.45, 2.75) is 45.1 Å². The number of hydrogen-bond donors (Lipinski definition) is 0. The third kappa shape index (κ3) is 2.34. The molecule has 1 saturated carbocycles. The second-order valence-electron chi connectivity index (χ2n) is 7.03. The standard InChI is InChI=1S/C19H23N3OS/c1-12-9-10-14(21(2)3)15-16-18(24-17(12)15)19(23)22(11-20-16)13-7-5-4-6-8-13/h9-11,13H,4-8H2,1-3H3. The van der Waals surface area contributed by atoms with Crippen molar-refractivity contribution >= 4 is 37.3 Å². The van der Waals surface area contributed by atoms with Crippen molar-refractivity contribution in [1.82, 2.24) is 9.55 Å². The van der Waals surface area contributed by atoms with Gasteiger partial charge >= 0.3 is 0 Å². The molecule has 1 aliphatic carbocycles. The summed E-state index contributed by atoms with van der Waals surface area (Å²) >= 11 is 1.60. The monoisotopic (exact) mass is 341 g/mol. The molecule has 2 aromatic heterocycles. The summed E-state index contributed by atoms with van der Waals surface area (Å²) in [6.45, 7) is 2.11. The smallest absolute Gasteiger partial charge is 0.271 e. The first-order chi connectivity index (χ1) is 11.6. The first kappa shape index (κ1) is 15.6. The van der Waals surface area contributed by atoms with Gasteiger partial charge in [0, 0.05) is 35.9 Å². The Morgan fingerprint density at radius 3 is 2.62 bits per heavy atom. The van der Waals surface area contributed by atoms with Gasteiger partial charge in [0.15, 0.2) is 0 Å². The van der Waals surface area contributed by atoms with Gasteiger partial charge in [-0.1, -0.05) is 25.3 Å². The highest BCUT2D eigenvalue weighted by atomic mass is 32.1. The molecule has 0 aliphatic heterocycles. The Hall–Kier alpha value is -1.88. The Balaban J connectivity index is 2.00. The van der Waals surface area contributed by atoms with Crippen LogP contribution in [0.5, 0.6) is 0 Å². The molecule has 126 valence electrons. The molecule has 0 radical (unpaired) electrons. The van der Waals surface area contributed by atoms with Gasteiger partial charge in [0.05, 0.1) is 11.8 Å². The average molecular weight is 341 g/mol. The van der Waals surface area contributed by atoms with Crippen LogP contribution in [-0.4, -0.2) is 23.6 Å². The van der Waals surface area contributed by atoms with Gasteiger partial charge in [0.25, 0.3) is 5.56 Å². The van der Waals surface area contributed by atoms with Crippen LogP contribution in [0.15, 0.2) is 23.3 Å². The molecular formula is C19H23N3OS. The Morgan fingerprint density at radius 1 is 1.17 bits per heavy atom. The van der Waals surface area contributed by atoms with Crippen molar-refractivity contribution in [3.05, 3.63) is 34.4 Å². The maximum atomic E-state index is 13.1. The third-order valence-corrected chi connectivity index (χ3v) is 6.48. The maximum absolute atomic E-state index is 13.1. The number of aromatic nitrogens is 2. The van der Waals surface area contributed by atoms with Crippen molar-refractivity contribution < 1.29 is 0 Å². The highest BCUT2D eigenvalue weighted by Gasteiger charge is 2.21. The highest BCUT2D eigenvalue weighted by Crippen LogP contribution is 2.39. The summed E-state index contributed by atoms with van der Waals surface area (Å²) < 4.78 is 3.87. The summed E-state index contributed by atoms with van der Waals surface area (Å²) in [5, 5.41) is 1.12. The quantitative estimate of drug-likeness (QED) is 0.689. The lowest BCUT2D eigenvalue weighted by Crippen LogP contribution is -2.26. The largest absolute Gasteiger partial charge is 0.377 e. The molecule has 4 nitrogen and oxygen atoms in total. The van der Waals surface area contributed by atoms with E-state index in [1.165, 1.54) is 29.5 Å². The van der Waals surface area contributed by atoms with Crippen LogP contribution in [0.3, 0.4) is 0 Å². The molecule has 0 amide bonds. The third-order valence-electron chi connectivity index (χ3n) is 5.18. The molecule has 1 aliphatic rings. The second kappa shape index (κ2) is 5.88. The molecule has 2 heterocycles. The molecule has 0 saturated heterocycles. The van der Waals surface area contributed by atoms with Crippen LogP contribution < -0.4 is 10.5 Å². The number of fused-ring (bicyclic) bond motifs is 3. The summed E-state index contributed by atoms with van der Waals surface area (Å²) in [5.41, 5.74) is 3.34. The van der Waals surface area contributed by atoms with Gasteiger partial charge in [-0.25, -0.2) is 4.98 Å². The molecule has 5 heteroatoms. The fourth-order valence-corrected chi connectivity index (χ4v) is 5.03. The summed E-state index contributed by atoms with van der Waals surface area (Å²) in [4.78, 5) is 19.9. The number of hydrogen-bond acceptors (Lipinski definition) is 4. The normalized spacial score (nSPS) is 16.1. The van der Waals surface area contributed by atoms with Crippen LogP contribution in [0.4, 0.5) is 5.69 Å². The number of anilines is 1. The van der Waals surface area contributed by atoms with Gasteiger partial charge in [-0.2, -0.15) is 0 Å². The Labute approximate surface area is 145 Å². The number of thiophene rings is 1. The highest BCUT2D eigenvalue weighted by molar-refractivity contribution is 7.26. The number of benzene rings is 1. The van der Waals surface area contributed by atoms with Gasteiger partial charge in [-0.15, -0.1) is 11.3 Å². The summed E-state index contributed by atoms with van der Waals surface area (Å²) in [7, 11) is 4.08. The summed E-state index contributed by atoms with van der Waals surface area (Å²) in [6.07, 6.45) is 7.70. The number of nitrogens with zero attached hydrogens (tertiary/aromatic N) is 3. The molecule has 0 unspecified atom stereocenters.